The molecule has 0 saturated heterocycles. The lowest BCUT2D eigenvalue weighted by Crippen LogP contribution is -2.05. The molecule has 1 unspecified atom stereocenters. The third kappa shape index (κ3) is 3.28. The van der Waals surface area contributed by atoms with Gasteiger partial charge in [0.1, 0.15) is 5.82 Å². The van der Waals surface area contributed by atoms with Gasteiger partial charge in [-0.25, -0.2) is 4.98 Å². The van der Waals surface area contributed by atoms with Crippen molar-refractivity contribution in [2.45, 2.75) is 40.5 Å². The van der Waals surface area contributed by atoms with Crippen molar-refractivity contribution < 1.29 is 0 Å². The van der Waals surface area contributed by atoms with Gasteiger partial charge in [-0.1, -0.05) is 62.7 Å². The fourth-order valence-corrected chi connectivity index (χ4v) is 3.37. The standard InChI is InChI=1S/C22H26N2/c1-5-16(2)13-19-14-17(3)21(18(4)15-19)24-12-11-23-22(24)20-9-7-6-8-10-20/h6-12,14-16H,5,13H2,1-4H3. The second-order valence-corrected chi connectivity index (χ2v) is 6.78. The van der Waals surface area contributed by atoms with E-state index in [1.807, 2.05) is 12.3 Å². The maximum Gasteiger partial charge on any atom is 0.144 e. The third-order valence-corrected chi connectivity index (χ3v) is 4.75. The van der Waals surface area contributed by atoms with Crippen molar-refractivity contribution in [3.05, 3.63) is 71.5 Å². The predicted octanol–water partition coefficient (Wildman–Crippen LogP) is 5.74. The summed E-state index contributed by atoms with van der Waals surface area (Å²) in [5, 5.41) is 0. The van der Waals surface area contributed by atoms with Crippen LogP contribution in [0, 0.1) is 19.8 Å². The Balaban J connectivity index is 2.04. The zero-order valence-electron chi connectivity index (χ0n) is 15.1. The van der Waals surface area contributed by atoms with Crippen LogP contribution in [0.3, 0.4) is 0 Å². The first-order valence-corrected chi connectivity index (χ1v) is 8.79. The number of hydrogen-bond donors (Lipinski definition) is 0. The topological polar surface area (TPSA) is 17.8 Å². The van der Waals surface area contributed by atoms with Crippen LogP contribution in [0.5, 0.6) is 0 Å². The Morgan fingerprint density at radius 1 is 1.04 bits per heavy atom. The molecule has 2 nitrogen and oxygen atoms in total. The average Bonchev–Trinajstić information content (AvgIpc) is 3.04. The van der Waals surface area contributed by atoms with E-state index in [2.05, 4.69) is 79.8 Å². The third-order valence-electron chi connectivity index (χ3n) is 4.75. The SMILES string of the molecule is CCC(C)Cc1cc(C)c(-n2ccnc2-c2ccccc2)c(C)c1. The fraction of sp³-hybridized carbons (Fsp3) is 0.318. The van der Waals surface area contributed by atoms with Crippen LogP contribution in [-0.2, 0) is 6.42 Å². The molecule has 24 heavy (non-hydrogen) atoms. The summed E-state index contributed by atoms with van der Waals surface area (Å²) in [6, 6.07) is 15.1. The van der Waals surface area contributed by atoms with Crippen molar-refractivity contribution in [3.8, 4) is 17.1 Å². The smallest absolute Gasteiger partial charge is 0.144 e. The van der Waals surface area contributed by atoms with E-state index >= 15 is 0 Å². The van der Waals surface area contributed by atoms with Gasteiger partial charge in [-0.05, 0) is 42.9 Å². The van der Waals surface area contributed by atoms with Crippen molar-refractivity contribution >= 4 is 0 Å². The van der Waals surface area contributed by atoms with Crippen molar-refractivity contribution in [1.29, 1.82) is 0 Å². The minimum absolute atomic E-state index is 0.725. The molecule has 0 saturated carbocycles. The molecule has 0 amide bonds. The predicted molar refractivity (Wildman–Crippen MR) is 102 cm³/mol. The molecule has 1 aromatic heterocycles. The maximum absolute atomic E-state index is 4.59. The lowest BCUT2D eigenvalue weighted by molar-refractivity contribution is 0.560. The molecule has 3 aromatic rings. The average molecular weight is 318 g/mol. The van der Waals surface area contributed by atoms with Crippen molar-refractivity contribution in [2.75, 3.05) is 0 Å². The molecule has 3 rings (SSSR count). The van der Waals surface area contributed by atoms with Gasteiger partial charge >= 0.3 is 0 Å². The Bertz CT molecular complexity index is 792. The van der Waals surface area contributed by atoms with Gasteiger partial charge in [-0.2, -0.15) is 0 Å². The number of aromatic nitrogens is 2. The van der Waals surface area contributed by atoms with Crippen LogP contribution in [0.2, 0.25) is 0 Å². The van der Waals surface area contributed by atoms with Crippen LogP contribution in [-0.4, -0.2) is 9.55 Å². The Labute approximate surface area is 145 Å². The molecular weight excluding hydrogens is 292 g/mol. The van der Waals surface area contributed by atoms with E-state index in [1.54, 1.807) is 0 Å². The molecule has 0 fully saturated rings. The maximum atomic E-state index is 4.59. The van der Waals surface area contributed by atoms with Gasteiger partial charge in [0, 0.05) is 18.0 Å². The summed E-state index contributed by atoms with van der Waals surface area (Å²) in [4.78, 5) is 4.59. The second-order valence-electron chi connectivity index (χ2n) is 6.78. The normalized spacial score (nSPS) is 12.3. The van der Waals surface area contributed by atoms with E-state index in [4.69, 9.17) is 0 Å². The highest BCUT2D eigenvalue weighted by molar-refractivity contribution is 5.61. The number of benzene rings is 2. The Morgan fingerprint density at radius 3 is 2.33 bits per heavy atom. The van der Waals surface area contributed by atoms with Crippen LogP contribution in [0.25, 0.3) is 17.1 Å². The van der Waals surface area contributed by atoms with Crippen molar-refractivity contribution in [1.82, 2.24) is 9.55 Å². The Morgan fingerprint density at radius 2 is 1.71 bits per heavy atom. The Hall–Kier alpha value is -2.35. The summed E-state index contributed by atoms with van der Waals surface area (Å²) in [5.74, 6) is 1.72. The summed E-state index contributed by atoms with van der Waals surface area (Å²) in [7, 11) is 0. The molecule has 0 spiro atoms. The summed E-state index contributed by atoms with van der Waals surface area (Å²) in [5.41, 5.74) is 6.45. The van der Waals surface area contributed by atoms with E-state index in [-0.39, 0.29) is 0 Å². The molecule has 0 radical (unpaired) electrons. The van der Waals surface area contributed by atoms with Crippen LogP contribution >= 0.6 is 0 Å². The number of rotatable bonds is 5. The van der Waals surface area contributed by atoms with Crippen LogP contribution in [0.15, 0.2) is 54.9 Å². The van der Waals surface area contributed by atoms with Gasteiger partial charge in [0.2, 0.25) is 0 Å². The summed E-state index contributed by atoms with van der Waals surface area (Å²) in [6.45, 7) is 8.99. The first-order chi connectivity index (χ1) is 11.6. The minimum atomic E-state index is 0.725. The first kappa shape index (κ1) is 16.5. The monoisotopic (exact) mass is 318 g/mol. The zero-order chi connectivity index (χ0) is 17.1. The zero-order valence-corrected chi connectivity index (χ0v) is 15.1. The van der Waals surface area contributed by atoms with Crippen molar-refractivity contribution in [3.63, 3.8) is 0 Å². The van der Waals surface area contributed by atoms with Gasteiger partial charge in [0.15, 0.2) is 0 Å². The van der Waals surface area contributed by atoms with E-state index in [0.717, 1.165) is 23.7 Å². The molecule has 1 atom stereocenters. The van der Waals surface area contributed by atoms with Crippen molar-refractivity contribution in [2.24, 2.45) is 5.92 Å². The molecule has 0 aliphatic rings. The van der Waals surface area contributed by atoms with Gasteiger partial charge in [0.25, 0.3) is 0 Å². The van der Waals surface area contributed by atoms with Gasteiger partial charge < -0.3 is 0 Å². The Kier molecular flexibility index (Phi) is 4.84. The molecule has 0 bridgehead atoms. The van der Waals surface area contributed by atoms with Crippen LogP contribution < -0.4 is 0 Å². The molecule has 2 heteroatoms. The van der Waals surface area contributed by atoms with Gasteiger partial charge in [0.05, 0.1) is 5.69 Å². The fourth-order valence-electron chi connectivity index (χ4n) is 3.37. The van der Waals surface area contributed by atoms with E-state index in [0.29, 0.717) is 0 Å². The highest BCUT2D eigenvalue weighted by Gasteiger charge is 2.13. The molecule has 1 heterocycles. The van der Waals surface area contributed by atoms with Crippen LogP contribution in [0.1, 0.15) is 37.0 Å². The van der Waals surface area contributed by atoms with Crippen LogP contribution in [0.4, 0.5) is 0 Å². The lowest BCUT2D eigenvalue weighted by atomic mass is 9.95. The largest absolute Gasteiger partial charge is 0.299 e. The second kappa shape index (κ2) is 7.04. The molecule has 124 valence electrons. The number of hydrogen-bond acceptors (Lipinski definition) is 1. The van der Waals surface area contributed by atoms with E-state index < -0.39 is 0 Å². The van der Waals surface area contributed by atoms with E-state index in [1.165, 1.54) is 28.8 Å². The molecule has 0 aliphatic carbocycles. The molecule has 0 aliphatic heterocycles. The number of nitrogens with zero attached hydrogens (tertiary/aromatic N) is 2. The lowest BCUT2D eigenvalue weighted by Gasteiger charge is -2.17. The first-order valence-electron chi connectivity index (χ1n) is 8.79. The molecular formula is C22H26N2. The quantitative estimate of drug-likeness (QED) is 0.586. The number of imidazole rings is 1. The molecule has 2 aromatic carbocycles. The van der Waals surface area contributed by atoms with Gasteiger partial charge in [-0.3, -0.25) is 4.57 Å². The molecule has 0 N–H and O–H groups in total. The number of aryl methyl sites for hydroxylation is 2. The minimum Gasteiger partial charge on any atom is -0.299 e. The highest BCUT2D eigenvalue weighted by atomic mass is 15.1. The van der Waals surface area contributed by atoms with E-state index in [9.17, 15) is 0 Å². The summed E-state index contributed by atoms with van der Waals surface area (Å²) < 4.78 is 2.22. The highest BCUT2D eigenvalue weighted by Crippen LogP contribution is 2.27. The van der Waals surface area contributed by atoms with Gasteiger partial charge in [-0.15, -0.1) is 0 Å². The summed E-state index contributed by atoms with van der Waals surface area (Å²) in [6.07, 6.45) is 6.31. The summed E-state index contributed by atoms with van der Waals surface area (Å²) >= 11 is 0.